The van der Waals surface area contributed by atoms with E-state index in [1.807, 2.05) is 40.8 Å². The molecule has 1 aromatic heterocycles. The zero-order valence-electron chi connectivity index (χ0n) is 14.2. The molecule has 6 heteroatoms. The highest BCUT2D eigenvalue weighted by Gasteiger charge is 2.40. The van der Waals surface area contributed by atoms with Crippen LogP contribution in [0.1, 0.15) is 35.2 Å². The van der Waals surface area contributed by atoms with Crippen molar-refractivity contribution in [2.24, 2.45) is 0 Å². The summed E-state index contributed by atoms with van der Waals surface area (Å²) >= 11 is 1.95. The van der Waals surface area contributed by atoms with Crippen molar-refractivity contribution in [3.8, 4) is 0 Å². The Bertz CT molecular complexity index is 725. The molecule has 2 atom stereocenters. The van der Waals surface area contributed by atoms with E-state index < -0.39 is 0 Å². The SMILES string of the molecule is O=C(N[C@@H]1CCO[C@@]2(CCSC2)C1)c1cnn(Cc2ccccc2)c1. The Morgan fingerprint density at radius 2 is 2.28 bits per heavy atom. The minimum atomic E-state index is -0.0352. The molecule has 2 aliphatic rings. The predicted octanol–water partition coefficient (Wildman–Crippen LogP) is 2.72. The van der Waals surface area contributed by atoms with E-state index in [4.69, 9.17) is 4.74 Å². The Hall–Kier alpha value is -1.79. The van der Waals surface area contributed by atoms with Crippen molar-refractivity contribution in [2.75, 3.05) is 18.1 Å². The highest BCUT2D eigenvalue weighted by Crippen LogP contribution is 2.38. The van der Waals surface area contributed by atoms with Crippen LogP contribution in [0.4, 0.5) is 0 Å². The summed E-state index contributed by atoms with van der Waals surface area (Å²) in [6, 6.07) is 10.3. The van der Waals surface area contributed by atoms with Gasteiger partial charge in [-0.15, -0.1) is 0 Å². The number of carbonyl (C=O) groups excluding carboxylic acids is 1. The molecule has 0 radical (unpaired) electrons. The van der Waals surface area contributed by atoms with Crippen LogP contribution in [0.5, 0.6) is 0 Å². The number of ether oxygens (including phenoxy) is 1. The summed E-state index contributed by atoms with van der Waals surface area (Å²) in [4.78, 5) is 12.6. The summed E-state index contributed by atoms with van der Waals surface area (Å²) in [5.41, 5.74) is 1.78. The molecule has 1 amide bonds. The number of aromatic nitrogens is 2. The molecule has 4 rings (SSSR count). The summed E-state index contributed by atoms with van der Waals surface area (Å²) in [5.74, 6) is 2.17. The molecule has 2 fully saturated rings. The van der Waals surface area contributed by atoms with Gasteiger partial charge in [0.2, 0.25) is 0 Å². The zero-order chi connectivity index (χ0) is 17.1. The first-order valence-corrected chi connectivity index (χ1v) is 9.97. The van der Waals surface area contributed by atoms with Gasteiger partial charge in [0.05, 0.1) is 23.9 Å². The Morgan fingerprint density at radius 1 is 1.40 bits per heavy atom. The van der Waals surface area contributed by atoms with Crippen molar-refractivity contribution >= 4 is 17.7 Å². The van der Waals surface area contributed by atoms with Crippen LogP contribution in [-0.2, 0) is 11.3 Å². The van der Waals surface area contributed by atoms with Crippen LogP contribution in [0.3, 0.4) is 0 Å². The Labute approximate surface area is 152 Å². The van der Waals surface area contributed by atoms with E-state index in [9.17, 15) is 4.79 Å². The van der Waals surface area contributed by atoms with Crippen molar-refractivity contribution in [3.05, 3.63) is 53.9 Å². The molecule has 2 aliphatic heterocycles. The lowest BCUT2D eigenvalue weighted by molar-refractivity contribution is -0.0688. The van der Waals surface area contributed by atoms with E-state index in [1.165, 1.54) is 5.56 Å². The van der Waals surface area contributed by atoms with E-state index >= 15 is 0 Å². The number of rotatable bonds is 4. The van der Waals surface area contributed by atoms with Gasteiger partial charge in [0, 0.05) is 24.6 Å². The van der Waals surface area contributed by atoms with Gasteiger partial charge in [-0.25, -0.2) is 0 Å². The van der Waals surface area contributed by atoms with Gasteiger partial charge in [0.15, 0.2) is 0 Å². The number of nitrogens with zero attached hydrogens (tertiary/aromatic N) is 2. The van der Waals surface area contributed by atoms with Crippen molar-refractivity contribution in [3.63, 3.8) is 0 Å². The van der Waals surface area contributed by atoms with Gasteiger partial charge < -0.3 is 10.1 Å². The molecule has 3 heterocycles. The standard InChI is InChI=1S/C19H23N3O2S/c23-18(21-17-6-8-24-19(10-17)7-9-25-14-19)16-11-20-22(13-16)12-15-4-2-1-3-5-15/h1-5,11,13,17H,6-10,12,14H2,(H,21,23)/t17-,19+/m1/s1. The first-order chi connectivity index (χ1) is 12.2. The minimum absolute atomic E-state index is 0.0155. The second kappa shape index (κ2) is 7.22. The lowest BCUT2D eigenvalue weighted by Crippen LogP contribution is -2.48. The first-order valence-electron chi connectivity index (χ1n) is 8.81. The van der Waals surface area contributed by atoms with E-state index in [1.54, 1.807) is 6.20 Å². The molecular weight excluding hydrogens is 334 g/mol. The van der Waals surface area contributed by atoms with Gasteiger partial charge in [0.25, 0.3) is 5.91 Å². The van der Waals surface area contributed by atoms with Gasteiger partial charge in [-0.1, -0.05) is 30.3 Å². The monoisotopic (exact) mass is 357 g/mol. The van der Waals surface area contributed by atoms with E-state index in [2.05, 4.69) is 22.5 Å². The number of carbonyl (C=O) groups is 1. The molecular formula is C19H23N3O2S. The molecule has 1 spiro atoms. The van der Waals surface area contributed by atoms with Gasteiger partial charge in [-0.3, -0.25) is 9.48 Å². The van der Waals surface area contributed by atoms with Crippen molar-refractivity contribution in [1.82, 2.24) is 15.1 Å². The van der Waals surface area contributed by atoms with Gasteiger partial charge in [0.1, 0.15) is 0 Å². The average molecular weight is 357 g/mol. The third-order valence-corrected chi connectivity index (χ3v) is 6.20. The molecule has 25 heavy (non-hydrogen) atoms. The molecule has 0 saturated carbocycles. The Kier molecular flexibility index (Phi) is 4.81. The summed E-state index contributed by atoms with van der Waals surface area (Å²) in [6.45, 7) is 1.41. The number of hydrogen-bond donors (Lipinski definition) is 1. The van der Waals surface area contributed by atoms with E-state index in [0.717, 1.165) is 37.4 Å². The topological polar surface area (TPSA) is 56.1 Å². The largest absolute Gasteiger partial charge is 0.374 e. The molecule has 2 saturated heterocycles. The quantitative estimate of drug-likeness (QED) is 0.914. The van der Waals surface area contributed by atoms with Gasteiger partial charge >= 0.3 is 0 Å². The lowest BCUT2D eigenvalue weighted by Gasteiger charge is -2.37. The Morgan fingerprint density at radius 3 is 3.08 bits per heavy atom. The average Bonchev–Trinajstić information content (AvgIpc) is 3.26. The summed E-state index contributed by atoms with van der Waals surface area (Å²) in [5, 5.41) is 7.51. The van der Waals surface area contributed by atoms with Crippen LogP contribution >= 0.6 is 11.8 Å². The second-order valence-corrected chi connectivity index (χ2v) is 8.01. The summed E-state index contributed by atoms with van der Waals surface area (Å²) in [7, 11) is 0. The van der Waals surface area contributed by atoms with Crippen LogP contribution in [-0.4, -0.2) is 45.4 Å². The molecule has 2 aromatic rings. The van der Waals surface area contributed by atoms with Crippen molar-refractivity contribution in [2.45, 2.75) is 37.5 Å². The van der Waals surface area contributed by atoms with Crippen LogP contribution in [0.25, 0.3) is 0 Å². The maximum Gasteiger partial charge on any atom is 0.254 e. The molecule has 0 unspecified atom stereocenters. The Balaban J connectivity index is 1.36. The van der Waals surface area contributed by atoms with Crippen LogP contribution in [0.2, 0.25) is 0 Å². The van der Waals surface area contributed by atoms with Crippen LogP contribution < -0.4 is 5.32 Å². The normalized spacial score (nSPS) is 26.0. The van der Waals surface area contributed by atoms with Crippen molar-refractivity contribution in [1.29, 1.82) is 0 Å². The zero-order valence-corrected chi connectivity index (χ0v) is 15.0. The van der Waals surface area contributed by atoms with Gasteiger partial charge in [-0.2, -0.15) is 16.9 Å². The van der Waals surface area contributed by atoms with Gasteiger partial charge in [-0.05, 0) is 30.6 Å². The minimum Gasteiger partial charge on any atom is -0.374 e. The fraction of sp³-hybridized carbons (Fsp3) is 0.474. The number of hydrogen-bond acceptors (Lipinski definition) is 4. The fourth-order valence-electron chi connectivity index (χ4n) is 3.62. The molecule has 132 valence electrons. The lowest BCUT2D eigenvalue weighted by atomic mass is 9.90. The fourth-order valence-corrected chi connectivity index (χ4v) is 5.00. The first kappa shape index (κ1) is 16.7. The molecule has 0 bridgehead atoms. The van der Waals surface area contributed by atoms with Crippen LogP contribution in [0, 0.1) is 0 Å². The van der Waals surface area contributed by atoms with Crippen molar-refractivity contribution < 1.29 is 9.53 Å². The second-order valence-electron chi connectivity index (χ2n) is 6.91. The molecule has 0 aliphatic carbocycles. The molecule has 1 aromatic carbocycles. The third kappa shape index (κ3) is 3.90. The maximum absolute atomic E-state index is 12.6. The van der Waals surface area contributed by atoms with Crippen LogP contribution in [0.15, 0.2) is 42.7 Å². The van der Waals surface area contributed by atoms with E-state index in [0.29, 0.717) is 12.1 Å². The highest BCUT2D eigenvalue weighted by atomic mass is 32.2. The van der Waals surface area contributed by atoms with E-state index in [-0.39, 0.29) is 17.6 Å². The predicted molar refractivity (Wildman–Crippen MR) is 98.9 cm³/mol. The third-order valence-electron chi connectivity index (χ3n) is 4.98. The smallest absolute Gasteiger partial charge is 0.254 e. The maximum atomic E-state index is 12.6. The number of amides is 1. The number of nitrogens with one attached hydrogen (secondary N) is 1. The summed E-state index contributed by atoms with van der Waals surface area (Å²) in [6.07, 6.45) is 6.38. The highest BCUT2D eigenvalue weighted by molar-refractivity contribution is 7.99. The number of thioether (sulfide) groups is 1. The molecule has 1 N–H and O–H groups in total. The summed E-state index contributed by atoms with van der Waals surface area (Å²) < 4.78 is 7.83. The molecule has 5 nitrogen and oxygen atoms in total. The number of benzene rings is 1.